The minimum absolute atomic E-state index is 0.157. The van der Waals surface area contributed by atoms with E-state index in [-0.39, 0.29) is 15.8 Å². The van der Waals surface area contributed by atoms with Crippen LogP contribution in [0, 0.1) is 5.82 Å². The number of ether oxygens (including phenoxy) is 1. The summed E-state index contributed by atoms with van der Waals surface area (Å²) in [5.41, 5.74) is 0. The molecule has 0 saturated heterocycles. The van der Waals surface area contributed by atoms with Crippen molar-refractivity contribution in [3.8, 4) is 5.75 Å². The van der Waals surface area contributed by atoms with Gasteiger partial charge in [-0.2, -0.15) is 4.39 Å². The molecule has 0 amide bonds. The Morgan fingerprint density at radius 3 is 2.20 bits per heavy atom. The van der Waals surface area contributed by atoms with E-state index in [1.807, 2.05) is 0 Å². The van der Waals surface area contributed by atoms with Gasteiger partial charge in [0.05, 0.1) is 10.0 Å². The number of hydrogen-bond acceptors (Lipinski definition) is 2. The topological polar surface area (TPSA) is 26.3 Å². The molecule has 15 heavy (non-hydrogen) atoms. The van der Waals surface area contributed by atoms with Gasteiger partial charge in [-0.3, -0.25) is 0 Å². The van der Waals surface area contributed by atoms with Crippen LogP contribution in [0.1, 0.15) is 0 Å². The van der Waals surface area contributed by atoms with Gasteiger partial charge in [0.1, 0.15) is 5.75 Å². The molecule has 0 N–H and O–H groups in total. The van der Waals surface area contributed by atoms with Gasteiger partial charge in [-0.25, -0.2) is 9.18 Å². The van der Waals surface area contributed by atoms with Crippen molar-refractivity contribution in [2.24, 2.45) is 0 Å². The highest BCUT2D eigenvalue weighted by Crippen LogP contribution is 2.28. The highest BCUT2D eigenvalue weighted by atomic mass is 35.5. The van der Waals surface area contributed by atoms with Crippen molar-refractivity contribution in [3.05, 3.63) is 40.4 Å². The second-order valence-corrected chi connectivity index (χ2v) is 3.31. The van der Waals surface area contributed by atoms with Crippen LogP contribution in [0.2, 0.25) is 10.0 Å². The Morgan fingerprint density at radius 1 is 1.33 bits per heavy atom. The maximum Gasteiger partial charge on any atom is 0.371 e. The molecule has 0 aliphatic heterocycles. The molecule has 1 rings (SSSR count). The van der Waals surface area contributed by atoms with Crippen LogP contribution < -0.4 is 4.74 Å². The highest BCUT2D eigenvalue weighted by molar-refractivity contribution is 6.35. The monoisotopic (exact) mass is 252 g/mol. The molecule has 6 heteroatoms. The maximum absolute atomic E-state index is 12.9. The average Bonchev–Trinajstić information content (AvgIpc) is 2.13. The number of halogens is 4. The van der Waals surface area contributed by atoms with Gasteiger partial charge >= 0.3 is 5.97 Å². The normalized spacial score (nSPS) is 9.87. The van der Waals surface area contributed by atoms with Gasteiger partial charge in [0, 0.05) is 12.1 Å². The molecule has 1 aromatic rings. The molecule has 80 valence electrons. The molecule has 0 unspecified atom stereocenters. The lowest BCUT2D eigenvalue weighted by Crippen LogP contribution is -2.07. The number of hydrogen-bond donors (Lipinski definition) is 0. The zero-order valence-electron chi connectivity index (χ0n) is 7.19. The number of carbonyl (C=O) groups excluding carboxylic acids is 1. The zero-order chi connectivity index (χ0) is 11.6. The Morgan fingerprint density at radius 2 is 1.80 bits per heavy atom. The molecular formula is C9H4Cl2F2O2. The van der Waals surface area contributed by atoms with Crippen molar-refractivity contribution in [2.75, 3.05) is 0 Å². The van der Waals surface area contributed by atoms with E-state index in [9.17, 15) is 13.6 Å². The lowest BCUT2D eigenvalue weighted by atomic mass is 10.3. The minimum atomic E-state index is -1.28. The molecule has 0 bridgehead atoms. The molecule has 0 aliphatic carbocycles. The van der Waals surface area contributed by atoms with Crippen LogP contribution >= 0.6 is 23.2 Å². The molecule has 0 radical (unpaired) electrons. The van der Waals surface area contributed by atoms with Gasteiger partial charge in [-0.15, -0.1) is 0 Å². The van der Waals surface area contributed by atoms with Crippen molar-refractivity contribution < 1.29 is 18.3 Å². The molecule has 0 fully saturated rings. The van der Waals surface area contributed by atoms with E-state index in [4.69, 9.17) is 23.2 Å². The lowest BCUT2D eigenvalue weighted by molar-refractivity contribution is -0.131. The third kappa shape index (κ3) is 2.91. The molecule has 0 aliphatic rings. The second-order valence-electron chi connectivity index (χ2n) is 2.50. The summed E-state index contributed by atoms with van der Waals surface area (Å²) in [6, 6.07) is 2.01. The van der Waals surface area contributed by atoms with Crippen LogP contribution in [0.25, 0.3) is 0 Å². The van der Waals surface area contributed by atoms with Gasteiger partial charge in [0.2, 0.25) is 5.83 Å². The number of rotatable bonds is 2. The van der Waals surface area contributed by atoms with Gasteiger partial charge in [0.25, 0.3) is 0 Å². The summed E-state index contributed by atoms with van der Waals surface area (Å²) in [6.45, 7) is 2.73. The van der Waals surface area contributed by atoms with Crippen molar-refractivity contribution in [1.82, 2.24) is 0 Å². The second kappa shape index (κ2) is 4.59. The predicted octanol–water partition coefficient (Wildman–Crippen LogP) is 3.52. The summed E-state index contributed by atoms with van der Waals surface area (Å²) >= 11 is 10.8. The first-order chi connectivity index (χ1) is 6.91. The Labute approximate surface area is 94.0 Å². The van der Waals surface area contributed by atoms with Crippen LogP contribution in [-0.2, 0) is 4.79 Å². The Bertz CT molecular complexity index is 409. The average molecular weight is 253 g/mol. The molecular weight excluding hydrogens is 249 g/mol. The SMILES string of the molecule is C=C(F)C(=O)Oc1cc(Cl)c(F)c(Cl)c1. The van der Waals surface area contributed by atoms with Crippen molar-refractivity contribution in [2.45, 2.75) is 0 Å². The fourth-order valence-corrected chi connectivity index (χ4v) is 1.22. The smallest absolute Gasteiger partial charge is 0.371 e. The van der Waals surface area contributed by atoms with E-state index in [2.05, 4.69) is 11.3 Å². The van der Waals surface area contributed by atoms with E-state index >= 15 is 0 Å². The third-order valence-corrected chi connectivity index (χ3v) is 1.94. The van der Waals surface area contributed by atoms with E-state index in [1.54, 1.807) is 0 Å². The van der Waals surface area contributed by atoms with Crippen molar-refractivity contribution >= 4 is 29.2 Å². The number of carbonyl (C=O) groups is 1. The summed E-state index contributed by atoms with van der Waals surface area (Å²) in [6.07, 6.45) is 0. The third-order valence-electron chi connectivity index (χ3n) is 1.39. The fraction of sp³-hybridized carbons (Fsp3) is 0. The summed E-state index contributed by atoms with van der Waals surface area (Å²) in [5, 5.41) is -0.649. The van der Waals surface area contributed by atoms with Crippen LogP contribution in [0.3, 0.4) is 0 Å². The van der Waals surface area contributed by atoms with E-state index in [0.717, 1.165) is 12.1 Å². The lowest BCUT2D eigenvalue weighted by Gasteiger charge is -2.04. The molecule has 1 aromatic carbocycles. The first kappa shape index (κ1) is 11.9. The first-order valence-corrected chi connectivity index (χ1v) is 4.38. The number of benzene rings is 1. The Balaban J connectivity index is 2.98. The molecule has 0 heterocycles. The largest absolute Gasteiger partial charge is 0.421 e. The van der Waals surface area contributed by atoms with Crippen molar-refractivity contribution in [1.29, 1.82) is 0 Å². The van der Waals surface area contributed by atoms with Gasteiger partial charge in [0.15, 0.2) is 5.82 Å². The Kier molecular flexibility index (Phi) is 3.66. The summed E-state index contributed by atoms with van der Waals surface area (Å²) in [7, 11) is 0. The van der Waals surface area contributed by atoms with E-state index in [1.165, 1.54) is 0 Å². The quantitative estimate of drug-likeness (QED) is 0.349. The minimum Gasteiger partial charge on any atom is -0.421 e. The van der Waals surface area contributed by atoms with E-state index in [0.29, 0.717) is 0 Å². The summed E-state index contributed by atoms with van der Waals surface area (Å²) < 4.78 is 29.6. The highest BCUT2D eigenvalue weighted by Gasteiger charge is 2.13. The van der Waals surface area contributed by atoms with Crippen LogP contribution in [0.15, 0.2) is 24.5 Å². The molecule has 2 nitrogen and oxygen atoms in total. The van der Waals surface area contributed by atoms with Crippen LogP contribution in [0.4, 0.5) is 8.78 Å². The van der Waals surface area contributed by atoms with Gasteiger partial charge < -0.3 is 4.74 Å². The summed E-state index contributed by atoms with van der Waals surface area (Å²) in [5.74, 6) is -3.55. The zero-order valence-corrected chi connectivity index (χ0v) is 8.70. The fourth-order valence-electron chi connectivity index (χ4n) is 0.754. The summed E-state index contributed by atoms with van der Waals surface area (Å²) in [4.78, 5) is 10.7. The first-order valence-electron chi connectivity index (χ1n) is 3.63. The van der Waals surface area contributed by atoms with Crippen LogP contribution in [0.5, 0.6) is 5.75 Å². The number of esters is 1. The van der Waals surface area contributed by atoms with Gasteiger partial charge in [-0.1, -0.05) is 29.8 Å². The molecule has 0 saturated carbocycles. The molecule has 0 spiro atoms. The standard InChI is InChI=1S/C9H4Cl2F2O2/c1-4(12)9(14)15-5-2-6(10)8(13)7(11)3-5/h2-3H,1H2. The maximum atomic E-state index is 12.9. The van der Waals surface area contributed by atoms with Gasteiger partial charge in [-0.05, 0) is 0 Å². The predicted molar refractivity (Wildman–Crippen MR) is 52.3 cm³/mol. The van der Waals surface area contributed by atoms with Crippen LogP contribution in [-0.4, -0.2) is 5.97 Å². The molecule has 0 aromatic heterocycles. The van der Waals surface area contributed by atoms with E-state index < -0.39 is 17.6 Å². The van der Waals surface area contributed by atoms with Crippen molar-refractivity contribution in [3.63, 3.8) is 0 Å². The Hall–Kier alpha value is -1.13. The molecule has 0 atom stereocenters.